The highest BCUT2D eigenvalue weighted by atomic mass is 19.1. The molecule has 0 radical (unpaired) electrons. The first-order valence-corrected chi connectivity index (χ1v) is 11.7. The van der Waals surface area contributed by atoms with E-state index in [0.717, 1.165) is 28.7 Å². The Morgan fingerprint density at radius 3 is 1.62 bits per heavy atom. The van der Waals surface area contributed by atoms with Crippen molar-refractivity contribution in [3.63, 3.8) is 0 Å². The zero-order valence-corrected chi connectivity index (χ0v) is 19.2. The fourth-order valence-corrected chi connectivity index (χ4v) is 3.52. The maximum Gasteiger partial charge on any atom is 0.127 e. The minimum absolute atomic E-state index is 0.190. The Balaban J connectivity index is 1.56. The molecule has 1 heteroatoms. The second-order valence-corrected chi connectivity index (χ2v) is 8.10. The lowest BCUT2D eigenvalue weighted by Gasteiger charge is -2.01. The third-order valence-corrected chi connectivity index (χ3v) is 5.54. The van der Waals surface area contributed by atoms with E-state index in [9.17, 15) is 4.39 Å². The summed E-state index contributed by atoms with van der Waals surface area (Å²) in [5, 5.41) is 0. The van der Waals surface area contributed by atoms with Crippen molar-refractivity contribution in [2.45, 2.75) is 58.8 Å². The van der Waals surface area contributed by atoms with E-state index in [4.69, 9.17) is 0 Å². The smallest absolute Gasteiger partial charge is 0.127 e. The van der Waals surface area contributed by atoms with Gasteiger partial charge in [-0.25, -0.2) is 4.39 Å². The van der Waals surface area contributed by atoms with Crippen molar-refractivity contribution in [3.8, 4) is 23.7 Å². The molecule has 0 bridgehead atoms. The monoisotopic (exact) mass is 422 g/mol. The maximum absolute atomic E-state index is 13.9. The molecule has 0 unspecified atom stereocenters. The average Bonchev–Trinajstić information content (AvgIpc) is 2.83. The summed E-state index contributed by atoms with van der Waals surface area (Å²) in [5.41, 5.74) is 5.66. The Bertz CT molecular complexity index is 1110. The number of unbranched alkanes of at least 4 members (excludes halogenated alkanes) is 4. The average molecular weight is 423 g/mol. The number of rotatable bonds is 7. The lowest BCUT2D eigenvalue weighted by Crippen LogP contribution is -1.88. The highest BCUT2D eigenvalue weighted by Crippen LogP contribution is 2.12. The van der Waals surface area contributed by atoms with Gasteiger partial charge in [-0.05, 0) is 78.9 Å². The van der Waals surface area contributed by atoms with E-state index in [1.165, 1.54) is 43.7 Å². The van der Waals surface area contributed by atoms with Crippen LogP contribution in [-0.4, -0.2) is 0 Å². The van der Waals surface area contributed by atoms with Gasteiger partial charge in [0.2, 0.25) is 0 Å². The highest BCUT2D eigenvalue weighted by Gasteiger charge is 2.00. The molecule has 0 heterocycles. The van der Waals surface area contributed by atoms with Crippen molar-refractivity contribution in [1.29, 1.82) is 0 Å². The molecule has 0 aliphatic carbocycles. The van der Waals surface area contributed by atoms with Crippen LogP contribution in [0.4, 0.5) is 4.39 Å². The minimum atomic E-state index is -0.190. The van der Waals surface area contributed by atoms with Gasteiger partial charge in [0.25, 0.3) is 0 Å². The summed E-state index contributed by atoms with van der Waals surface area (Å²) in [6.45, 7) is 4.19. The van der Waals surface area contributed by atoms with Crippen molar-refractivity contribution in [2.75, 3.05) is 0 Å². The Morgan fingerprint density at radius 2 is 1.09 bits per heavy atom. The van der Waals surface area contributed by atoms with Crippen LogP contribution < -0.4 is 0 Å². The number of hydrogen-bond donors (Lipinski definition) is 0. The number of aryl methyl sites for hydroxylation is 2. The maximum atomic E-state index is 13.9. The predicted octanol–water partition coefficient (Wildman–Crippen LogP) is 7.70. The molecule has 0 spiro atoms. The van der Waals surface area contributed by atoms with E-state index in [2.05, 4.69) is 54.9 Å². The predicted molar refractivity (Wildman–Crippen MR) is 133 cm³/mol. The summed E-state index contributed by atoms with van der Waals surface area (Å²) in [5.74, 6) is 12.4. The fourth-order valence-electron chi connectivity index (χ4n) is 3.52. The van der Waals surface area contributed by atoms with Crippen LogP contribution in [0.5, 0.6) is 0 Å². The van der Waals surface area contributed by atoms with E-state index in [0.29, 0.717) is 12.0 Å². The summed E-state index contributed by atoms with van der Waals surface area (Å²) in [6.07, 6.45) is 8.39. The lowest BCUT2D eigenvalue weighted by atomic mass is 10.0. The standard InChI is InChI=1S/C31H31F/c1-3-5-6-7-8-9-25-10-12-26(13-11-25)14-15-27-16-18-28(19-17-27)20-21-29-22-23-30(4-2)31(32)24-29/h10-13,16-19,22-24H,3-9H2,1-2H3. The second kappa shape index (κ2) is 12.5. The summed E-state index contributed by atoms with van der Waals surface area (Å²) >= 11 is 0. The normalized spacial score (nSPS) is 10.1. The van der Waals surface area contributed by atoms with E-state index in [1.807, 2.05) is 37.3 Å². The topological polar surface area (TPSA) is 0 Å². The van der Waals surface area contributed by atoms with Crippen LogP contribution in [0.25, 0.3) is 0 Å². The molecule has 0 N–H and O–H groups in total. The molecule has 0 amide bonds. The summed E-state index contributed by atoms with van der Waals surface area (Å²) in [4.78, 5) is 0. The highest BCUT2D eigenvalue weighted by molar-refractivity contribution is 5.48. The van der Waals surface area contributed by atoms with Gasteiger partial charge in [-0.1, -0.05) is 81.4 Å². The van der Waals surface area contributed by atoms with Crippen LogP contribution in [0, 0.1) is 29.5 Å². The van der Waals surface area contributed by atoms with Crippen molar-refractivity contribution >= 4 is 0 Å². The zero-order chi connectivity index (χ0) is 22.6. The van der Waals surface area contributed by atoms with Crippen LogP contribution in [-0.2, 0) is 12.8 Å². The van der Waals surface area contributed by atoms with Gasteiger partial charge in [-0.3, -0.25) is 0 Å². The van der Waals surface area contributed by atoms with Crippen molar-refractivity contribution in [1.82, 2.24) is 0 Å². The SMILES string of the molecule is CCCCCCCc1ccc(C#Cc2ccc(C#Cc3ccc(CC)c(F)c3)cc2)cc1. The number of benzene rings is 3. The zero-order valence-electron chi connectivity index (χ0n) is 19.2. The molecule has 0 saturated heterocycles. The Kier molecular flexibility index (Phi) is 9.16. The Labute approximate surface area is 192 Å². The molecule has 0 atom stereocenters. The van der Waals surface area contributed by atoms with Crippen molar-refractivity contribution < 1.29 is 4.39 Å². The van der Waals surface area contributed by atoms with Crippen molar-refractivity contribution in [3.05, 3.63) is 106 Å². The van der Waals surface area contributed by atoms with Crippen LogP contribution in [0.1, 0.15) is 79.3 Å². The molecule has 3 rings (SSSR count). The molecule has 0 nitrogen and oxygen atoms in total. The molecular weight excluding hydrogens is 391 g/mol. The third kappa shape index (κ3) is 7.44. The molecule has 3 aromatic carbocycles. The van der Waals surface area contributed by atoms with Gasteiger partial charge in [0.05, 0.1) is 0 Å². The van der Waals surface area contributed by atoms with Gasteiger partial charge in [0.15, 0.2) is 0 Å². The third-order valence-electron chi connectivity index (χ3n) is 5.54. The number of halogens is 1. The fraction of sp³-hybridized carbons (Fsp3) is 0.290. The molecule has 0 aliphatic heterocycles. The van der Waals surface area contributed by atoms with Crippen LogP contribution in [0.3, 0.4) is 0 Å². The van der Waals surface area contributed by atoms with E-state index in [1.54, 1.807) is 6.07 Å². The van der Waals surface area contributed by atoms with E-state index in [-0.39, 0.29) is 5.82 Å². The van der Waals surface area contributed by atoms with Gasteiger partial charge in [0.1, 0.15) is 5.82 Å². The summed E-state index contributed by atoms with van der Waals surface area (Å²) in [7, 11) is 0. The van der Waals surface area contributed by atoms with Crippen LogP contribution in [0.15, 0.2) is 66.7 Å². The van der Waals surface area contributed by atoms with Gasteiger partial charge < -0.3 is 0 Å². The lowest BCUT2D eigenvalue weighted by molar-refractivity contribution is 0.612. The first kappa shape index (κ1) is 23.4. The molecule has 0 aliphatic rings. The quantitative estimate of drug-likeness (QED) is 0.270. The molecular formula is C31H31F. The van der Waals surface area contributed by atoms with E-state index < -0.39 is 0 Å². The Morgan fingerprint density at radius 1 is 0.594 bits per heavy atom. The molecule has 0 aromatic heterocycles. The van der Waals surface area contributed by atoms with Crippen LogP contribution in [0.2, 0.25) is 0 Å². The number of hydrogen-bond acceptors (Lipinski definition) is 0. The molecule has 0 fully saturated rings. The van der Waals surface area contributed by atoms with Gasteiger partial charge in [-0.2, -0.15) is 0 Å². The first-order valence-electron chi connectivity index (χ1n) is 11.7. The minimum Gasteiger partial charge on any atom is -0.207 e. The van der Waals surface area contributed by atoms with Gasteiger partial charge in [-0.15, -0.1) is 0 Å². The molecule has 162 valence electrons. The largest absolute Gasteiger partial charge is 0.207 e. The van der Waals surface area contributed by atoms with Gasteiger partial charge >= 0.3 is 0 Å². The Hall–Kier alpha value is -3.29. The molecule has 32 heavy (non-hydrogen) atoms. The summed E-state index contributed by atoms with van der Waals surface area (Å²) < 4.78 is 13.9. The second-order valence-electron chi connectivity index (χ2n) is 8.10. The van der Waals surface area contributed by atoms with Crippen LogP contribution >= 0.6 is 0 Å². The van der Waals surface area contributed by atoms with Gasteiger partial charge in [0, 0.05) is 22.3 Å². The molecule has 0 saturated carbocycles. The summed E-state index contributed by atoms with van der Waals surface area (Å²) in [6, 6.07) is 21.6. The van der Waals surface area contributed by atoms with Crippen molar-refractivity contribution in [2.24, 2.45) is 0 Å². The van der Waals surface area contributed by atoms with E-state index >= 15 is 0 Å². The first-order chi connectivity index (χ1) is 15.7. The molecule has 3 aromatic rings.